The molecule has 10 nitrogen and oxygen atoms in total. The molecule has 2 atom stereocenters. The maximum absolute atomic E-state index is 14.8. The molecule has 4 heterocycles. The highest BCUT2D eigenvalue weighted by molar-refractivity contribution is 5.94. The van der Waals surface area contributed by atoms with Crippen LogP contribution in [0.4, 0.5) is 20.7 Å². The van der Waals surface area contributed by atoms with Gasteiger partial charge in [-0.15, -0.1) is 0 Å². The van der Waals surface area contributed by atoms with Crippen molar-refractivity contribution in [3.63, 3.8) is 0 Å². The minimum Gasteiger partial charge on any atom is -0.465 e. The maximum Gasteiger partial charge on any atom is 0.407 e. The van der Waals surface area contributed by atoms with Crippen LogP contribution in [0.25, 0.3) is 10.8 Å². The number of aromatic nitrogens is 2. The van der Waals surface area contributed by atoms with E-state index in [0.29, 0.717) is 63.1 Å². The van der Waals surface area contributed by atoms with Gasteiger partial charge in [-0.2, -0.15) is 15.2 Å². The zero-order valence-corrected chi connectivity index (χ0v) is 27.9. The van der Waals surface area contributed by atoms with Gasteiger partial charge < -0.3 is 19.6 Å². The zero-order valence-electron chi connectivity index (χ0n) is 27.9. The van der Waals surface area contributed by atoms with E-state index in [9.17, 15) is 19.6 Å². The summed E-state index contributed by atoms with van der Waals surface area (Å²) < 4.78 is 21.1. The first-order valence-corrected chi connectivity index (χ1v) is 17.2. The number of carbonyl (C=O) groups is 1. The Balaban J connectivity index is 1.26. The highest BCUT2D eigenvalue weighted by atomic mass is 19.1. The van der Waals surface area contributed by atoms with Crippen LogP contribution in [-0.2, 0) is 19.4 Å². The van der Waals surface area contributed by atoms with E-state index in [1.165, 1.54) is 11.0 Å². The molecule has 0 bridgehead atoms. The third-order valence-corrected chi connectivity index (χ3v) is 10.5. The van der Waals surface area contributed by atoms with Crippen molar-refractivity contribution < 1.29 is 19.0 Å². The van der Waals surface area contributed by atoms with Gasteiger partial charge in [-0.05, 0) is 56.5 Å². The van der Waals surface area contributed by atoms with E-state index >= 15 is 0 Å². The molecule has 3 aliphatic rings. The lowest BCUT2D eigenvalue weighted by Crippen LogP contribution is -2.65. The molecule has 1 N–H and O–H groups in total. The van der Waals surface area contributed by atoms with Crippen molar-refractivity contribution in [3.8, 4) is 12.1 Å². The molecule has 3 aromatic carbocycles. The van der Waals surface area contributed by atoms with E-state index in [1.54, 1.807) is 6.07 Å². The van der Waals surface area contributed by atoms with Crippen LogP contribution < -0.4 is 14.5 Å². The number of ether oxygens (including phenoxy) is 1. The number of likely N-dealkylation sites (N-methyl/N-ethyl adjacent to an activating group) is 1. The number of anilines is 2. The van der Waals surface area contributed by atoms with Crippen molar-refractivity contribution >= 4 is 28.4 Å². The third-order valence-electron chi connectivity index (χ3n) is 10.5. The summed E-state index contributed by atoms with van der Waals surface area (Å²) in [6.07, 6.45) is 2.26. The molecule has 1 unspecified atom stereocenters. The van der Waals surface area contributed by atoms with Crippen LogP contribution in [0.2, 0.25) is 0 Å². The Bertz CT molecular complexity index is 1870. The number of carboxylic acid groups (broad SMARTS) is 1. The number of fused-ring (bicyclic) bond motifs is 2. The van der Waals surface area contributed by atoms with Crippen LogP contribution in [0.1, 0.15) is 43.0 Å². The summed E-state index contributed by atoms with van der Waals surface area (Å²) in [5.41, 5.74) is 2.78. The maximum atomic E-state index is 14.8. The van der Waals surface area contributed by atoms with Crippen molar-refractivity contribution in [2.45, 2.75) is 57.2 Å². The lowest BCUT2D eigenvalue weighted by Gasteiger charge is -2.49. The second-order valence-electron chi connectivity index (χ2n) is 13.4. The largest absolute Gasteiger partial charge is 0.465 e. The molecule has 7 rings (SSSR count). The summed E-state index contributed by atoms with van der Waals surface area (Å²) in [4.78, 5) is 30.9. The van der Waals surface area contributed by atoms with Gasteiger partial charge in [0.15, 0.2) is 0 Å². The Labute approximate surface area is 286 Å². The van der Waals surface area contributed by atoms with E-state index in [2.05, 4.69) is 27.7 Å². The summed E-state index contributed by atoms with van der Waals surface area (Å²) in [5.74, 6) is 0.491. The smallest absolute Gasteiger partial charge is 0.407 e. The van der Waals surface area contributed by atoms with Gasteiger partial charge in [0.25, 0.3) is 0 Å². The lowest BCUT2D eigenvalue weighted by molar-refractivity contribution is 0.0668. The minimum absolute atomic E-state index is 0.0429. The van der Waals surface area contributed by atoms with Crippen molar-refractivity contribution in [1.29, 1.82) is 5.26 Å². The number of amides is 1. The molecule has 2 saturated heterocycles. The summed E-state index contributed by atoms with van der Waals surface area (Å²) in [7, 11) is 0. The predicted molar refractivity (Wildman–Crippen MR) is 187 cm³/mol. The minimum atomic E-state index is -1.03. The molecule has 4 aromatic rings. The second kappa shape index (κ2) is 13.9. The Morgan fingerprint density at radius 2 is 1.82 bits per heavy atom. The van der Waals surface area contributed by atoms with Crippen molar-refractivity contribution in [3.05, 3.63) is 89.4 Å². The number of rotatable bonds is 9. The molecule has 49 heavy (non-hydrogen) atoms. The van der Waals surface area contributed by atoms with Gasteiger partial charge in [0.1, 0.15) is 18.2 Å². The fraction of sp³-hybridized carbons (Fsp3) is 0.421. The van der Waals surface area contributed by atoms with E-state index in [4.69, 9.17) is 14.7 Å². The first-order valence-electron chi connectivity index (χ1n) is 17.2. The number of benzene rings is 3. The number of nitrogens with zero attached hydrogens (tertiary/aromatic N) is 7. The van der Waals surface area contributed by atoms with Gasteiger partial charge in [0, 0.05) is 54.2 Å². The highest BCUT2D eigenvalue weighted by Gasteiger charge is 2.46. The Kier molecular flexibility index (Phi) is 9.23. The van der Waals surface area contributed by atoms with Crippen LogP contribution in [-0.4, -0.2) is 88.4 Å². The van der Waals surface area contributed by atoms with Crippen LogP contribution in [0.3, 0.4) is 0 Å². The normalized spacial score (nSPS) is 21.1. The number of halogens is 1. The highest BCUT2D eigenvalue weighted by Crippen LogP contribution is 2.38. The average molecular weight is 664 g/mol. The lowest BCUT2D eigenvalue weighted by atomic mass is 9.83. The summed E-state index contributed by atoms with van der Waals surface area (Å²) in [6, 6.07) is 23.6. The molecule has 3 aliphatic heterocycles. The van der Waals surface area contributed by atoms with Gasteiger partial charge >= 0.3 is 12.1 Å². The molecular weight excluding hydrogens is 621 g/mol. The van der Waals surface area contributed by atoms with Crippen molar-refractivity contribution in [2.75, 3.05) is 55.7 Å². The molecule has 1 amide bonds. The van der Waals surface area contributed by atoms with Gasteiger partial charge in [0.05, 0.1) is 30.3 Å². The third kappa shape index (κ3) is 6.45. The number of piperazine rings is 1. The Morgan fingerprint density at radius 1 is 1.02 bits per heavy atom. The molecule has 11 heteroatoms. The van der Waals surface area contributed by atoms with Gasteiger partial charge in [-0.1, -0.05) is 61.5 Å². The fourth-order valence-electron chi connectivity index (χ4n) is 8.06. The number of hydrogen-bond donors (Lipinski definition) is 1. The average Bonchev–Trinajstić information content (AvgIpc) is 3.58. The molecule has 0 spiro atoms. The quantitative estimate of drug-likeness (QED) is 0.235. The predicted octanol–water partition coefficient (Wildman–Crippen LogP) is 5.89. The summed E-state index contributed by atoms with van der Waals surface area (Å²) in [5, 5.41) is 21.8. The van der Waals surface area contributed by atoms with E-state index < -0.39 is 11.6 Å². The number of likely N-dealkylation sites (tertiary alicyclic amines) is 1. The molecule has 1 aromatic heterocycles. The molecule has 254 valence electrons. The summed E-state index contributed by atoms with van der Waals surface area (Å²) in [6.45, 7) is 6.80. The Hall–Kier alpha value is -4.95. The SMILES string of the molecule is CCN1CCC[C@H]1COc1nc2c(c(N3CCN(C(=O)O)C(CC#N)(Cc4ccccc4)C3)n1)CCN(c1ccc(F)c3ccccc13)C2. The zero-order chi connectivity index (χ0) is 34.0. The van der Waals surface area contributed by atoms with Gasteiger partial charge in [-0.25, -0.2) is 9.18 Å². The van der Waals surface area contributed by atoms with E-state index in [-0.39, 0.29) is 18.8 Å². The molecular formula is C38H42FN7O3. The van der Waals surface area contributed by atoms with E-state index in [0.717, 1.165) is 59.6 Å². The molecule has 2 fully saturated rings. The molecule has 0 radical (unpaired) electrons. The van der Waals surface area contributed by atoms with Gasteiger partial charge in [0.2, 0.25) is 0 Å². The number of nitriles is 1. The first-order chi connectivity index (χ1) is 23.9. The van der Waals surface area contributed by atoms with Gasteiger partial charge in [-0.3, -0.25) is 9.80 Å². The van der Waals surface area contributed by atoms with Crippen LogP contribution >= 0.6 is 0 Å². The summed E-state index contributed by atoms with van der Waals surface area (Å²) >= 11 is 0. The van der Waals surface area contributed by atoms with Crippen molar-refractivity contribution in [1.82, 2.24) is 19.8 Å². The molecule has 0 aliphatic carbocycles. The van der Waals surface area contributed by atoms with Crippen LogP contribution in [0.15, 0.2) is 66.7 Å². The Morgan fingerprint density at radius 3 is 2.59 bits per heavy atom. The van der Waals surface area contributed by atoms with Crippen LogP contribution in [0.5, 0.6) is 6.01 Å². The number of hydrogen-bond acceptors (Lipinski definition) is 8. The topological polar surface area (TPSA) is 109 Å². The fourth-order valence-corrected chi connectivity index (χ4v) is 8.06. The first kappa shape index (κ1) is 32.6. The monoisotopic (exact) mass is 663 g/mol. The van der Waals surface area contributed by atoms with Crippen LogP contribution in [0, 0.1) is 17.1 Å². The van der Waals surface area contributed by atoms with E-state index in [1.807, 2.05) is 54.6 Å². The second-order valence-corrected chi connectivity index (χ2v) is 13.4. The standard InChI is InChI=1S/C38H42FN7O3/c1-2-43-19-8-11-28(43)25-49-36-41-33-24-44(34-15-14-32(39)29-12-6-7-13-30(29)34)20-16-31(33)35(42-36)45-21-22-46(37(47)48)38(26-45,17-18-40)23-27-9-4-3-5-10-27/h3-7,9-10,12-15,28H,2,8,11,16-17,19-26H2,1H3,(H,47,48)/t28-,38?/m0/s1. The van der Waals surface area contributed by atoms with Crippen molar-refractivity contribution in [2.24, 2.45) is 0 Å². The molecule has 0 saturated carbocycles.